The van der Waals surface area contributed by atoms with Crippen LogP contribution in [-0.4, -0.2) is 39.0 Å². The molecule has 2 aliphatic heterocycles. The third-order valence-corrected chi connectivity index (χ3v) is 7.38. The maximum atomic E-state index is 13.0. The summed E-state index contributed by atoms with van der Waals surface area (Å²) in [5.74, 6) is 0.0991. The van der Waals surface area contributed by atoms with Gasteiger partial charge in [0.2, 0.25) is 0 Å². The summed E-state index contributed by atoms with van der Waals surface area (Å²) in [5, 5.41) is 9.58. The third kappa shape index (κ3) is 5.34. The molecule has 3 aromatic rings. The predicted octanol–water partition coefficient (Wildman–Crippen LogP) is 5.50. The molecule has 0 aliphatic carbocycles. The number of carbonyl (C=O) groups excluding carboxylic acids is 1. The first kappa shape index (κ1) is 24.9. The number of fused-ring (bicyclic) bond motifs is 1. The molecule has 3 aromatic heterocycles. The van der Waals surface area contributed by atoms with E-state index in [2.05, 4.69) is 33.2 Å². The molecular formula is C30H34N6O. The zero-order valence-corrected chi connectivity index (χ0v) is 22.0. The van der Waals surface area contributed by atoms with Crippen LogP contribution in [0.25, 0.3) is 5.65 Å². The molecule has 5 heterocycles. The van der Waals surface area contributed by atoms with Crippen molar-refractivity contribution in [2.75, 3.05) is 18.0 Å². The molecule has 2 aliphatic rings. The smallest absolute Gasteiger partial charge is 0.180 e. The number of nitriles is 1. The second-order valence-electron chi connectivity index (χ2n) is 10.7. The van der Waals surface area contributed by atoms with Gasteiger partial charge < -0.3 is 9.30 Å². The first-order valence-electron chi connectivity index (χ1n) is 13.3. The van der Waals surface area contributed by atoms with Crippen molar-refractivity contribution in [2.24, 2.45) is 4.99 Å². The van der Waals surface area contributed by atoms with Gasteiger partial charge in [0, 0.05) is 62.0 Å². The fraction of sp³-hybridized carbons (Fsp3) is 0.433. The maximum absolute atomic E-state index is 13.0. The van der Waals surface area contributed by atoms with E-state index in [1.54, 1.807) is 6.20 Å². The normalized spacial score (nSPS) is 16.0. The highest BCUT2D eigenvalue weighted by Crippen LogP contribution is 2.30. The molecule has 0 saturated carbocycles. The molecule has 0 N–H and O–H groups in total. The Hall–Kier alpha value is -3.79. The molecule has 0 bridgehead atoms. The fourth-order valence-electron chi connectivity index (χ4n) is 5.13. The standard InChI is InChI=1S/C30H34N6O/c1-21-16-22(12-13-32-21)24-10-11-25(33-24)27(37)9-7-8-23-18-36-19-28(30(2,3)20-31)34-29(36)17-26(23)35-14-5-4-6-15-35/h11-13,16-19H,4-10,14-15H2,1-3H3. The lowest BCUT2D eigenvalue weighted by Gasteiger charge is -2.30. The Morgan fingerprint density at radius 3 is 2.73 bits per heavy atom. The summed E-state index contributed by atoms with van der Waals surface area (Å²) in [6.45, 7) is 7.84. The SMILES string of the molecule is Cc1cc(C2=NC(C(=O)CCCc3cn4cc(C(C)(C)C#N)nc4cc3N3CCCCC3)=CC2)ccn1. The van der Waals surface area contributed by atoms with E-state index in [-0.39, 0.29) is 5.78 Å². The molecule has 7 nitrogen and oxygen atoms in total. The van der Waals surface area contributed by atoms with Crippen molar-refractivity contribution in [3.05, 3.63) is 71.1 Å². The number of Topliss-reactive ketones (excluding diaryl/α,β-unsaturated/α-hetero) is 1. The van der Waals surface area contributed by atoms with Crippen molar-refractivity contribution in [2.45, 2.75) is 71.1 Å². The molecule has 0 unspecified atom stereocenters. The summed E-state index contributed by atoms with van der Waals surface area (Å²) in [6.07, 6.45) is 14.2. The van der Waals surface area contributed by atoms with Gasteiger partial charge in [-0.15, -0.1) is 0 Å². The minimum atomic E-state index is -0.646. The Morgan fingerprint density at radius 2 is 1.97 bits per heavy atom. The molecule has 0 aromatic carbocycles. The number of carbonyl (C=O) groups is 1. The average molecular weight is 495 g/mol. The fourth-order valence-corrected chi connectivity index (χ4v) is 5.13. The Balaban J connectivity index is 1.32. The van der Waals surface area contributed by atoms with Crippen LogP contribution in [-0.2, 0) is 16.6 Å². The Bertz CT molecular complexity index is 1430. The van der Waals surface area contributed by atoms with Crippen LogP contribution in [0.4, 0.5) is 5.69 Å². The quantitative estimate of drug-likeness (QED) is 0.413. The number of hydrogen-bond acceptors (Lipinski definition) is 6. The lowest BCUT2D eigenvalue weighted by molar-refractivity contribution is -0.115. The summed E-state index contributed by atoms with van der Waals surface area (Å²) < 4.78 is 2.03. The van der Waals surface area contributed by atoms with Gasteiger partial charge in [-0.05, 0) is 82.2 Å². The minimum absolute atomic E-state index is 0.0991. The molecule has 1 fully saturated rings. The van der Waals surface area contributed by atoms with E-state index >= 15 is 0 Å². The predicted molar refractivity (Wildman–Crippen MR) is 146 cm³/mol. The number of allylic oxidation sites excluding steroid dienone is 2. The molecule has 0 spiro atoms. The highest BCUT2D eigenvalue weighted by molar-refractivity contribution is 6.09. The highest BCUT2D eigenvalue weighted by atomic mass is 16.1. The van der Waals surface area contributed by atoms with Gasteiger partial charge in [0.25, 0.3) is 0 Å². The molecular weight excluding hydrogens is 460 g/mol. The zero-order chi connectivity index (χ0) is 26.0. The van der Waals surface area contributed by atoms with Crippen LogP contribution in [0.1, 0.15) is 74.9 Å². The van der Waals surface area contributed by atoms with Crippen LogP contribution in [0, 0.1) is 18.3 Å². The Kier molecular flexibility index (Phi) is 6.92. The first-order chi connectivity index (χ1) is 17.8. The lowest BCUT2D eigenvalue weighted by Crippen LogP contribution is -2.30. The van der Waals surface area contributed by atoms with E-state index in [0.29, 0.717) is 18.5 Å². The average Bonchev–Trinajstić information content (AvgIpc) is 3.57. The third-order valence-electron chi connectivity index (χ3n) is 7.38. The van der Waals surface area contributed by atoms with Crippen molar-refractivity contribution < 1.29 is 4.79 Å². The second-order valence-corrected chi connectivity index (χ2v) is 10.7. The largest absolute Gasteiger partial charge is 0.371 e. The molecule has 0 amide bonds. The maximum Gasteiger partial charge on any atom is 0.180 e. The molecule has 7 heteroatoms. The number of pyridine rings is 2. The van der Waals surface area contributed by atoms with E-state index in [0.717, 1.165) is 54.2 Å². The van der Waals surface area contributed by atoms with Crippen molar-refractivity contribution in [1.29, 1.82) is 5.26 Å². The van der Waals surface area contributed by atoms with Gasteiger partial charge in [-0.3, -0.25) is 9.78 Å². The van der Waals surface area contributed by atoms with Gasteiger partial charge in [0.1, 0.15) is 11.3 Å². The lowest BCUT2D eigenvalue weighted by atomic mass is 9.92. The molecule has 0 radical (unpaired) electrons. The Labute approximate surface area is 218 Å². The molecule has 1 saturated heterocycles. The van der Waals surface area contributed by atoms with Crippen LogP contribution >= 0.6 is 0 Å². The topological polar surface area (TPSA) is 86.7 Å². The summed E-state index contributed by atoms with van der Waals surface area (Å²) in [5.41, 5.74) is 6.91. The summed E-state index contributed by atoms with van der Waals surface area (Å²) in [4.78, 5) is 29.1. The number of rotatable bonds is 8. The first-order valence-corrected chi connectivity index (χ1v) is 13.3. The highest BCUT2D eigenvalue weighted by Gasteiger charge is 2.25. The number of imidazole rings is 1. The number of ketones is 1. The van der Waals surface area contributed by atoms with Crippen LogP contribution in [0.5, 0.6) is 0 Å². The van der Waals surface area contributed by atoms with Crippen molar-refractivity contribution in [3.63, 3.8) is 0 Å². The molecule has 0 atom stereocenters. The molecule has 190 valence electrons. The van der Waals surface area contributed by atoms with Crippen LogP contribution in [0.15, 0.2) is 53.6 Å². The molecule has 5 rings (SSSR count). The van der Waals surface area contributed by atoms with Gasteiger partial charge in [-0.2, -0.15) is 5.26 Å². The van der Waals surface area contributed by atoms with Crippen molar-refractivity contribution in [1.82, 2.24) is 14.4 Å². The number of aliphatic imine (C=N–C) groups is 1. The number of aromatic nitrogens is 3. The number of piperidine rings is 1. The number of nitrogens with zero attached hydrogens (tertiary/aromatic N) is 6. The summed E-state index contributed by atoms with van der Waals surface area (Å²) in [7, 11) is 0. The number of anilines is 1. The van der Waals surface area contributed by atoms with E-state index in [4.69, 9.17) is 4.98 Å². The van der Waals surface area contributed by atoms with Crippen molar-refractivity contribution >= 4 is 22.8 Å². The van der Waals surface area contributed by atoms with Gasteiger partial charge >= 0.3 is 0 Å². The van der Waals surface area contributed by atoms with Gasteiger partial charge in [0.05, 0.1) is 22.9 Å². The minimum Gasteiger partial charge on any atom is -0.371 e. The summed E-state index contributed by atoms with van der Waals surface area (Å²) >= 11 is 0. The van der Waals surface area contributed by atoms with E-state index < -0.39 is 5.41 Å². The van der Waals surface area contributed by atoms with Crippen LogP contribution in [0.3, 0.4) is 0 Å². The van der Waals surface area contributed by atoms with Crippen molar-refractivity contribution in [3.8, 4) is 6.07 Å². The monoisotopic (exact) mass is 494 g/mol. The van der Waals surface area contributed by atoms with Gasteiger partial charge in [0.15, 0.2) is 5.78 Å². The second kappa shape index (κ2) is 10.3. The van der Waals surface area contributed by atoms with Crippen LogP contribution in [0.2, 0.25) is 0 Å². The Morgan fingerprint density at radius 1 is 1.16 bits per heavy atom. The van der Waals surface area contributed by atoms with Gasteiger partial charge in [-0.1, -0.05) is 0 Å². The van der Waals surface area contributed by atoms with Crippen LogP contribution < -0.4 is 4.90 Å². The van der Waals surface area contributed by atoms with E-state index in [1.165, 1.54) is 30.5 Å². The summed E-state index contributed by atoms with van der Waals surface area (Å²) in [6, 6.07) is 8.48. The number of aryl methyl sites for hydroxylation is 2. The van der Waals surface area contributed by atoms with Gasteiger partial charge in [-0.25, -0.2) is 9.98 Å². The molecule has 37 heavy (non-hydrogen) atoms. The van der Waals surface area contributed by atoms with E-state index in [9.17, 15) is 10.1 Å². The van der Waals surface area contributed by atoms with E-state index in [1.807, 2.05) is 49.6 Å². The number of hydrogen-bond donors (Lipinski definition) is 0. The zero-order valence-electron chi connectivity index (χ0n) is 22.0.